The van der Waals surface area contributed by atoms with Gasteiger partial charge in [-0.15, -0.1) is 0 Å². The molecule has 0 fully saturated rings. The van der Waals surface area contributed by atoms with E-state index in [4.69, 9.17) is 21.1 Å². The lowest BCUT2D eigenvalue weighted by molar-refractivity contribution is -0.137. The van der Waals surface area contributed by atoms with Crippen LogP contribution in [0, 0.1) is 0 Å². The minimum atomic E-state index is -4.62. The highest BCUT2D eigenvalue weighted by Gasteiger charge is 2.33. The van der Waals surface area contributed by atoms with Crippen LogP contribution in [-0.2, 0) is 11.0 Å². The molecule has 0 aliphatic carbocycles. The van der Waals surface area contributed by atoms with E-state index < -0.39 is 30.1 Å². The molecule has 0 radical (unpaired) electrons. The smallest absolute Gasteiger partial charge is 0.418 e. The van der Waals surface area contributed by atoms with E-state index in [9.17, 15) is 22.8 Å². The molecule has 2 amide bonds. The molecule has 0 aromatic heterocycles. The number of rotatable bonds is 7. The fourth-order valence-corrected chi connectivity index (χ4v) is 2.93. The van der Waals surface area contributed by atoms with Crippen LogP contribution in [0.2, 0.25) is 5.02 Å². The highest BCUT2D eigenvalue weighted by molar-refractivity contribution is 6.32. The molecule has 0 aliphatic rings. The molecule has 0 bridgehead atoms. The van der Waals surface area contributed by atoms with Gasteiger partial charge in [-0.05, 0) is 31.2 Å². The average Bonchev–Trinajstić information content (AvgIpc) is 2.68. The number of likely N-dealkylation sites (N-methyl/N-ethyl adjacent to an activating group) is 1. The third-order valence-corrected chi connectivity index (χ3v) is 4.28. The largest absolute Gasteiger partial charge is 0.493 e. The van der Waals surface area contributed by atoms with Crippen LogP contribution in [0.3, 0.4) is 0 Å². The second-order valence-electron chi connectivity index (χ2n) is 6.18. The van der Waals surface area contributed by atoms with E-state index in [1.807, 2.05) is 0 Å². The highest BCUT2D eigenvalue weighted by atomic mass is 35.5. The van der Waals surface area contributed by atoms with Crippen LogP contribution in [-0.4, -0.2) is 44.0 Å². The van der Waals surface area contributed by atoms with Gasteiger partial charge in [-0.3, -0.25) is 9.59 Å². The standard InChI is InChI=1S/C20H20ClF3N2O4/c1-4-30-18-14(21)9-12(10-16(18)29-3)19(28)26(2)11-17(27)25-15-8-6-5-7-13(15)20(22,23)24/h5-10H,4,11H2,1-3H3,(H,25,27). The number of hydrogen-bond donors (Lipinski definition) is 1. The lowest BCUT2D eigenvalue weighted by atomic mass is 10.1. The summed E-state index contributed by atoms with van der Waals surface area (Å²) in [6.45, 7) is 1.62. The van der Waals surface area contributed by atoms with Crippen LogP contribution in [0.5, 0.6) is 11.5 Å². The topological polar surface area (TPSA) is 67.9 Å². The van der Waals surface area contributed by atoms with Gasteiger partial charge in [-0.25, -0.2) is 0 Å². The second-order valence-corrected chi connectivity index (χ2v) is 6.58. The number of carbonyl (C=O) groups excluding carboxylic acids is 2. The molecule has 1 N–H and O–H groups in total. The number of methoxy groups -OCH3 is 1. The Kier molecular flexibility index (Phi) is 7.55. The summed E-state index contributed by atoms with van der Waals surface area (Å²) < 4.78 is 49.7. The normalized spacial score (nSPS) is 11.0. The number of benzene rings is 2. The van der Waals surface area contributed by atoms with E-state index in [2.05, 4.69) is 5.32 Å². The summed E-state index contributed by atoms with van der Waals surface area (Å²) in [4.78, 5) is 25.9. The Balaban J connectivity index is 2.15. The maximum absolute atomic E-state index is 13.1. The van der Waals surface area contributed by atoms with Gasteiger partial charge < -0.3 is 19.7 Å². The Morgan fingerprint density at radius 1 is 1.20 bits per heavy atom. The van der Waals surface area contributed by atoms with Crippen molar-refractivity contribution >= 4 is 29.1 Å². The van der Waals surface area contributed by atoms with Crippen LogP contribution in [0.1, 0.15) is 22.8 Å². The zero-order chi connectivity index (χ0) is 22.5. The molecule has 2 rings (SSSR count). The van der Waals surface area contributed by atoms with Crippen molar-refractivity contribution in [2.75, 3.05) is 32.6 Å². The Hall–Kier alpha value is -2.94. The molecule has 30 heavy (non-hydrogen) atoms. The first-order valence-electron chi connectivity index (χ1n) is 8.80. The number of nitrogens with zero attached hydrogens (tertiary/aromatic N) is 1. The molecule has 0 heterocycles. The Morgan fingerprint density at radius 3 is 2.47 bits per heavy atom. The van der Waals surface area contributed by atoms with Crippen molar-refractivity contribution in [3.63, 3.8) is 0 Å². The second kappa shape index (κ2) is 9.71. The molecule has 0 aliphatic heterocycles. The quantitative estimate of drug-likeness (QED) is 0.684. The van der Waals surface area contributed by atoms with Gasteiger partial charge >= 0.3 is 6.18 Å². The SMILES string of the molecule is CCOc1c(Cl)cc(C(=O)N(C)CC(=O)Nc2ccccc2C(F)(F)F)cc1OC. The molecule has 2 aromatic rings. The summed E-state index contributed by atoms with van der Waals surface area (Å²) in [7, 11) is 2.73. The predicted molar refractivity (Wildman–Crippen MR) is 106 cm³/mol. The van der Waals surface area contributed by atoms with Crippen LogP contribution < -0.4 is 14.8 Å². The van der Waals surface area contributed by atoms with E-state index in [-0.39, 0.29) is 27.8 Å². The van der Waals surface area contributed by atoms with E-state index in [1.54, 1.807) is 6.92 Å². The van der Waals surface area contributed by atoms with Gasteiger partial charge in [0.05, 0.1) is 36.5 Å². The maximum Gasteiger partial charge on any atom is 0.418 e. The number of carbonyl (C=O) groups is 2. The number of ether oxygens (including phenoxy) is 2. The molecule has 0 saturated carbocycles. The molecule has 0 atom stereocenters. The first-order chi connectivity index (χ1) is 14.1. The summed E-state index contributed by atoms with van der Waals surface area (Å²) >= 11 is 6.15. The van der Waals surface area contributed by atoms with Gasteiger partial charge in [0.1, 0.15) is 0 Å². The number of halogens is 4. The van der Waals surface area contributed by atoms with Crippen LogP contribution >= 0.6 is 11.6 Å². The lowest BCUT2D eigenvalue weighted by Gasteiger charge is -2.19. The van der Waals surface area contributed by atoms with Crippen LogP contribution in [0.25, 0.3) is 0 Å². The van der Waals surface area contributed by atoms with E-state index in [1.165, 1.54) is 38.4 Å². The van der Waals surface area contributed by atoms with Gasteiger partial charge in [0.25, 0.3) is 5.91 Å². The van der Waals surface area contributed by atoms with Gasteiger partial charge in [-0.2, -0.15) is 13.2 Å². The summed E-state index contributed by atoms with van der Waals surface area (Å²) in [6.07, 6.45) is -4.62. The van der Waals surface area contributed by atoms with Crippen LogP contribution in [0.4, 0.5) is 18.9 Å². The molecule has 2 aromatic carbocycles. The molecule has 0 spiro atoms. The Labute approximate surface area is 176 Å². The third-order valence-electron chi connectivity index (χ3n) is 4.00. The molecule has 0 saturated heterocycles. The average molecular weight is 445 g/mol. The molecule has 10 heteroatoms. The molecular formula is C20H20ClF3N2O4. The van der Waals surface area contributed by atoms with Crippen LogP contribution in [0.15, 0.2) is 36.4 Å². The van der Waals surface area contributed by atoms with Crippen molar-refractivity contribution in [2.24, 2.45) is 0 Å². The summed E-state index contributed by atoms with van der Waals surface area (Å²) in [6, 6.07) is 7.36. The van der Waals surface area contributed by atoms with E-state index in [0.29, 0.717) is 6.61 Å². The van der Waals surface area contributed by atoms with Crippen molar-refractivity contribution in [3.8, 4) is 11.5 Å². The number of alkyl halides is 3. The molecule has 162 valence electrons. The van der Waals surface area contributed by atoms with Crippen molar-refractivity contribution in [2.45, 2.75) is 13.1 Å². The number of para-hydroxylation sites is 1. The predicted octanol–water partition coefficient (Wildman–Crippen LogP) is 4.48. The number of amides is 2. The zero-order valence-electron chi connectivity index (χ0n) is 16.5. The summed E-state index contributed by atoms with van der Waals surface area (Å²) in [5.74, 6) is -0.837. The minimum Gasteiger partial charge on any atom is -0.493 e. The minimum absolute atomic E-state index is 0.131. The summed E-state index contributed by atoms with van der Waals surface area (Å²) in [5, 5.41) is 2.34. The first-order valence-corrected chi connectivity index (χ1v) is 9.18. The van der Waals surface area contributed by atoms with Crippen molar-refractivity contribution in [1.29, 1.82) is 0 Å². The van der Waals surface area contributed by atoms with Crippen molar-refractivity contribution < 1.29 is 32.2 Å². The van der Waals surface area contributed by atoms with E-state index in [0.717, 1.165) is 17.0 Å². The molecule has 6 nitrogen and oxygen atoms in total. The van der Waals surface area contributed by atoms with Gasteiger partial charge in [0.2, 0.25) is 5.91 Å². The van der Waals surface area contributed by atoms with Crippen molar-refractivity contribution in [3.05, 3.63) is 52.5 Å². The molecular weight excluding hydrogens is 425 g/mol. The Bertz CT molecular complexity index is 935. The highest BCUT2D eigenvalue weighted by Crippen LogP contribution is 2.37. The van der Waals surface area contributed by atoms with Gasteiger partial charge in [-0.1, -0.05) is 23.7 Å². The van der Waals surface area contributed by atoms with Gasteiger partial charge in [0, 0.05) is 12.6 Å². The number of anilines is 1. The third kappa shape index (κ3) is 5.56. The fourth-order valence-electron chi connectivity index (χ4n) is 2.66. The van der Waals surface area contributed by atoms with Crippen molar-refractivity contribution in [1.82, 2.24) is 4.90 Å². The van der Waals surface area contributed by atoms with Gasteiger partial charge in [0.15, 0.2) is 11.5 Å². The first kappa shape index (κ1) is 23.3. The number of nitrogens with one attached hydrogen (secondary N) is 1. The van der Waals surface area contributed by atoms with E-state index >= 15 is 0 Å². The zero-order valence-corrected chi connectivity index (χ0v) is 17.2. The lowest BCUT2D eigenvalue weighted by Crippen LogP contribution is -2.35. The monoisotopic (exact) mass is 444 g/mol. The Morgan fingerprint density at radius 2 is 1.87 bits per heavy atom. The fraction of sp³-hybridized carbons (Fsp3) is 0.300. The molecule has 0 unspecified atom stereocenters. The number of hydrogen-bond acceptors (Lipinski definition) is 4. The summed E-state index contributed by atoms with van der Waals surface area (Å²) in [5.41, 5.74) is -1.23. The maximum atomic E-state index is 13.1.